The third-order valence-corrected chi connectivity index (χ3v) is 2.91. The van der Waals surface area contributed by atoms with Gasteiger partial charge < -0.3 is 9.73 Å². The molecule has 0 atom stereocenters. The van der Waals surface area contributed by atoms with Gasteiger partial charge in [0.25, 0.3) is 0 Å². The summed E-state index contributed by atoms with van der Waals surface area (Å²) < 4.78 is 5.72. The van der Waals surface area contributed by atoms with Crippen LogP contribution in [0.15, 0.2) is 22.6 Å². The van der Waals surface area contributed by atoms with E-state index in [1.54, 1.807) is 0 Å². The Morgan fingerprint density at radius 1 is 1.36 bits per heavy atom. The van der Waals surface area contributed by atoms with Crippen LogP contribution >= 0.6 is 11.6 Å². The summed E-state index contributed by atoms with van der Waals surface area (Å²) in [6, 6.07) is 5.85. The average Bonchev–Trinajstić information content (AvgIpc) is 2.54. The first kappa shape index (κ1) is 8.33. The minimum absolute atomic E-state index is 0.733. The summed E-state index contributed by atoms with van der Waals surface area (Å²) in [5.74, 6) is 1.06. The Morgan fingerprint density at radius 3 is 3.21 bits per heavy atom. The van der Waals surface area contributed by atoms with Crippen molar-refractivity contribution in [3.63, 3.8) is 0 Å². The molecule has 0 saturated carbocycles. The van der Waals surface area contributed by atoms with Crippen molar-refractivity contribution >= 4 is 22.6 Å². The molecule has 1 aliphatic heterocycles. The lowest BCUT2D eigenvalue weighted by molar-refractivity contribution is 0.488. The van der Waals surface area contributed by atoms with E-state index in [1.807, 2.05) is 18.2 Å². The van der Waals surface area contributed by atoms with Gasteiger partial charge in [-0.05, 0) is 25.1 Å². The number of nitrogens with one attached hydrogen (secondary N) is 1. The fourth-order valence-electron chi connectivity index (χ4n) is 2.01. The molecular formula is C11H10ClNO. The quantitative estimate of drug-likeness (QED) is 0.719. The maximum atomic E-state index is 5.91. The Labute approximate surface area is 86.8 Å². The van der Waals surface area contributed by atoms with E-state index >= 15 is 0 Å². The molecule has 3 heteroatoms. The summed E-state index contributed by atoms with van der Waals surface area (Å²) in [4.78, 5) is 0. The minimum Gasteiger partial charge on any atom is -0.459 e. The van der Waals surface area contributed by atoms with Crippen LogP contribution in [-0.4, -0.2) is 6.54 Å². The lowest BCUT2D eigenvalue weighted by Gasteiger charge is -2.10. The van der Waals surface area contributed by atoms with Gasteiger partial charge in [-0.25, -0.2) is 0 Å². The zero-order valence-electron chi connectivity index (χ0n) is 7.64. The lowest BCUT2D eigenvalue weighted by atomic mass is 10.1. The highest BCUT2D eigenvalue weighted by molar-refractivity contribution is 6.31. The van der Waals surface area contributed by atoms with Gasteiger partial charge in [0.2, 0.25) is 0 Å². The fourth-order valence-corrected chi connectivity index (χ4v) is 2.17. The summed E-state index contributed by atoms with van der Waals surface area (Å²) in [6.45, 7) is 1.87. The molecule has 0 unspecified atom stereocenters. The van der Waals surface area contributed by atoms with Crippen molar-refractivity contribution in [3.8, 4) is 0 Å². The third-order valence-electron chi connectivity index (χ3n) is 2.68. The molecule has 0 saturated heterocycles. The van der Waals surface area contributed by atoms with Gasteiger partial charge in [-0.2, -0.15) is 0 Å². The van der Waals surface area contributed by atoms with E-state index in [9.17, 15) is 0 Å². The SMILES string of the molecule is Clc1ccc2c3c(oc2c1)CNCC3. The van der Waals surface area contributed by atoms with Crippen LogP contribution in [0.2, 0.25) is 5.02 Å². The first-order valence-electron chi connectivity index (χ1n) is 4.75. The van der Waals surface area contributed by atoms with Crippen LogP contribution in [0, 0.1) is 0 Å². The molecule has 0 aliphatic carbocycles. The molecule has 2 aromatic rings. The lowest BCUT2D eigenvalue weighted by Crippen LogP contribution is -2.22. The topological polar surface area (TPSA) is 25.2 Å². The zero-order chi connectivity index (χ0) is 9.54. The molecule has 1 aromatic heterocycles. The summed E-state index contributed by atoms with van der Waals surface area (Å²) in [6.07, 6.45) is 1.05. The van der Waals surface area contributed by atoms with Gasteiger partial charge >= 0.3 is 0 Å². The number of hydrogen-bond donors (Lipinski definition) is 1. The Morgan fingerprint density at radius 2 is 2.29 bits per heavy atom. The first-order valence-corrected chi connectivity index (χ1v) is 5.13. The van der Waals surface area contributed by atoms with E-state index < -0.39 is 0 Å². The molecule has 2 nitrogen and oxygen atoms in total. The summed E-state index contributed by atoms with van der Waals surface area (Å²) in [7, 11) is 0. The van der Waals surface area contributed by atoms with E-state index in [-0.39, 0.29) is 0 Å². The molecule has 72 valence electrons. The average molecular weight is 208 g/mol. The van der Waals surface area contributed by atoms with Crippen LogP contribution in [-0.2, 0) is 13.0 Å². The highest BCUT2D eigenvalue weighted by Gasteiger charge is 2.16. The normalized spacial score (nSPS) is 15.8. The second-order valence-electron chi connectivity index (χ2n) is 3.57. The molecule has 0 radical (unpaired) electrons. The number of hydrogen-bond acceptors (Lipinski definition) is 2. The van der Waals surface area contributed by atoms with E-state index in [0.717, 1.165) is 35.9 Å². The van der Waals surface area contributed by atoms with Crippen molar-refractivity contribution < 1.29 is 4.42 Å². The highest BCUT2D eigenvalue weighted by Crippen LogP contribution is 2.29. The maximum absolute atomic E-state index is 5.91. The van der Waals surface area contributed by atoms with Crippen molar-refractivity contribution in [1.29, 1.82) is 0 Å². The van der Waals surface area contributed by atoms with Gasteiger partial charge in [-0.15, -0.1) is 0 Å². The summed E-state index contributed by atoms with van der Waals surface area (Å²) >= 11 is 5.91. The van der Waals surface area contributed by atoms with Gasteiger partial charge in [-0.3, -0.25) is 0 Å². The maximum Gasteiger partial charge on any atom is 0.136 e. The third kappa shape index (κ3) is 1.15. The van der Waals surface area contributed by atoms with Crippen LogP contribution in [0.5, 0.6) is 0 Å². The molecule has 0 bridgehead atoms. The van der Waals surface area contributed by atoms with Crippen molar-refractivity contribution in [2.24, 2.45) is 0 Å². The smallest absolute Gasteiger partial charge is 0.136 e. The van der Waals surface area contributed by atoms with Gasteiger partial charge in [0.1, 0.15) is 11.3 Å². The van der Waals surface area contributed by atoms with Gasteiger partial charge in [0.15, 0.2) is 0 Å². The Balaban J connectivity index is 2.31. The van der Waals surface area contributed by atoms with E-state index in [0.29, 0.717) is 0 Å². The standard InChI is InChI=1S/C11H10ClNO/c12-7-1-2-8-9-3-4-13-6-11(9)14-10(8)5-7/h1-2,5,13H,3-4,6H2. The number of fused-ring (bicyclic) bond motifs is 3. The second kappa shape index (κ2) is 3.01. The number of rotatable bonds is 0. The number of halogens is 1. The predicted molar refractivity (Wildman–Crippen MR) is 56.6 cm³/mol. The van der Waals surface area contributed by atoms with Gasteiger partial charge in [0, 0.05) is 22.0 Å². The molecule has 0 fully saturated rings. The monoisotopic (exact) mass is 207 g/mol. The van der Waals surface area contributed by atoms with Crippen LogP contribution in [0.3, 0.4) is 0 Å². The molecule has 0 amide bonds. The van der Waals surface area contributed by atoms with Crippen molar-refractivity contribution in [3.05, 3.63) is 34.5 Å². The first-order chi connectivity index (χ1) is 6.84. The predicted octanol–water partition coefficient (Wildman–Crippen LogP) is 2.73. The highest BCUT2D eigenvalue weighted by atomic mass is 35.5. The van der Waals surface area contributed by atoms with Crippen LogP contribution in [0.1, 0.15) is 11.3 Å². The Hall–Kier alpha value is -0.990. The van der Waals surface area contributed by atoms with Gasteiger partial charge in [-0.1, -0.05) is 11.6 Å². The van der Waals surface area contributed by atoms with E-state index in [1.165, 1.54) is 10.9 Å². The molecule has 3 rings (SSSR count). The molecule has 1 N–H and O–H groups in total. The molecule has 0 spiro atoms. The summed E-state index contributed by atoms with van der Waals surface area (Å²) in [5, 5.41) is 5.24. The fraction of sp³-hybridized carbons (Fsp3) is 0.273. The van der Waals surface area contributed by atoms with E-state index in [2.05, 4.69) is 5.32 Å². The van der Waals surface area contributed by atoms with Crippen LogP contribution < -0.4 is 5.32 Å². The van der Waals surface area contributed by atoms with Crippen molar-refractivity contribution in [1.82, 2.24) is 5.32 Å². The van der Waals surface area contributed by atoms with Crippen molar-refractivity contribution in [2.45, 2.75) is 13.0 Å². The molecule has 2 heterocycles. The number of benzene rings is 1. The largest absolute Gasteiger partial charge is 0.459 e. The van der Waals surface area contributed by atoms with Crippen LogP contribution in [0.25, 0.3) is 11.0 Å². The van der Waals surface area contributed by atoms with E-state index in [4.69, 9.17) is 16.0 Å². The van der Waals surface area contributed by atoms with Crippen molar-refractivity contribution in [2.75, 3.05) is 6.54 Å². The van der Waals surface area contributed by atoms with Crippen LogP contribution in [0.4, 0.5) is 0 Å². The van der Waals surface area contributed by atoms with Gasteiger partial charge in [0.05, 0.1) is 6.54 Å². The molecule has 1 aliphatic rings. The Kier molecular flexibility index (Phi) is 1.79. The molecule has 1 aromatic carbocycles. The second-order valence-corrected chi connectivity index (χ2v) is 4.01. The molecular weight excluding hydrogens is 198 g/mol. The zero-order valence-corrected chi connectivity index (χ0v) is 8.40. The molecule has 14 heavy (non-hydrogen) atoms. The minimum atomic E-state index is 0.733. The Bertz CT molecular complexity index is 489. The summed E-state index contributed by atoms with van der Waals surface area (Å²) in [5.41, 5.74) is 2.25. The number of furan rings is 1.